The van der Waals surface area contributed by atoms with Gasteiger partial charge in [-0.15, -0.1) is 0 Å². The molecule has 1 aromatic heterocycles. The van der Waals surface area contributed by atoms with E-state index in [-0.39, 0.29) is 16.5 Å². The Balaban J connectivity index is 1.82. The van der Waals surface area contributed by atoms with Crippen molar-refractivity contribution in [3.63, 3.8) is 0 Å². The predicted octanol–water partition coefficient (Wildman–Crippen LogP) is 5.41. The lowest BCUT2D eigenvalue weighted by atomic mass is 10.1. The zero-order chi connectivity index (χ0) is 18.0. The summed E-state index contributed by atoms with van der Waals surface area (Å²) in [5.74, 6) is -0.0490. The number of halogens is 2. The molecular weight excluding hydrogens is 367 g/mol. The van der Waals surface area contributed by atoms with Crippen molar-refractivity contribution in [1.29, 1.82) is 0 Å². The maximum Gasteiger partial charge on any atom is 0.291 e. The Labute approximate surface area is 152 Å². The highest BCUT2D eigenvalue weighted by Crippen LogP contribution is 2.32. The van der Waals surface area contributed by atoms with E-state index in [1.807, 2.05) is 0 Å². The van der Waals surface area contributed by atoms with Gasteiger partial charge in [0.25, 0.3) is 11.6 Å². The average Bonchev–Trinajstić information content (AvgIpc) is 3.04. The third-order valence-electron chi connectivity index (χ3n) is 3.34. The highest BCUT2D eigenvalue weighted by molar-refractivity contribution is 6.33. The van der Waals surface area contributed by atoms with Crippen LogP contribution in [-0.2, 0) is 0 Å². The number of hydrogen-bond acceptors (Lipinski definition) is 4. The SMILES string of the molecule is O=C(Nc1cccc(Cl)c1)c1ccc(-c2ccc([N+](=O)[O-])cc2Cl)o1. The molecule has 3 rings (SSSR count). The number of hydrogen-bond donors (Lipinski definition) is 1. The number of non-ortho nitro benzene ring substituents is 1. The lowest BCUT2D eigenvalue weighted by molar-refractivity contribution is -0.384. The van der Waals surface area contributed by atoms with Gasteiger partial charge >= 0.3 is 0 Å². The molecule has 2 aromatic carbocycles. The Morgan fingerprint density at radius 1 is 1.08 bits per heavy atom. The summed E-state index contributed by atoms with van der Waals surface area (Å²) >= 11 is 11.9. The fourth-order valence-corrected chi connectivity index (χ4v) is 2.64. The van der Waals surface area contributed by atoms with E-state index >= 15 is 0 Å². The van der Waals surface area contributed by atoms with Crippen LogP contribution in [0.2, 0.25) is 10.0 Å². The molecule has 0 saturated carbocycles. The average molecular weight is 377 g/mol. The smallest absolute Gasteiger partial charge is 0.291 e. The zero-order valence-electron chi connectivity index (χ0n) is 12.5. The first-order valence-electron chi connectivity index (χ1n) is 7.05. The topological polar surface area (TPSA) is 85.4 Å². The number of nitrogens with one attached hydrogen (secondary N) is 1. The Bertz CT molecular complexity index is 969. The molecule has 0 aliphatic carbocycles. The summed E-state index contributed by atoms with van der Waals surface area (Å²) < 4.78 is 5.52. The molecule has 126 valence electrons. The molecule has 0 bridgehead atoms. The first-order chi connectivity index (χ1) is 11.9. The maximum absolute atomic E-state index is 12.2. The number of amides is 1. The molecule has 0 saturated heterocycles. The number of benzene rings is 2. The Hall–Kier alpha value is -2.83. The summed E-state index contributed by atoms with van der Waals surface area (Å²) in [6, 6.07) is 13.8. The number of furan rings is 1. The van der Waals surface area contributed by atoms with Gasteiger partial charge in [-0.25, -0.2) is 0 Å². The molecule has 0 radical (unpaired) electrons. The number of nitro benzene ring substituents is 1. The van der Waals surface area contributed by atoms with Gasteiger partial charge in [0.1, 0.15) is 5.76 Å². The van der Waals surface area contributed by atoms with E-state index in [2.05, 4.69) is 5.32 Å². The maximum atomic E-state index is 12.2. The fraction of sp³-hybridized carbons (Fsp3) is 0. The summed E-state index contributed by atoms with van der Waals surface area (Å²) in [5, 5.41) is 14.1. The normalized spacial score (nSPS) is 10.5. The second kappa shape index (κ2) is 6.96. The lowest BCUT2D eigenvalue weighted by Crippen LogP contribution is -2.10. The quantitative estimate of drug-likeness (QED) is 0.486. The zero-order valence-corrected chi connectivity index (χ0v) is 14.0. The van der Waals surface area contributed by atoms with Crippen molar-refractivity contribution < 1.29 is 14.1 Å². The summed E-state index contributed by atoms with van der Waals surface area (Å²) in [7, 11) is 0. The molecule has 0 aliphatic heterocycles. The van der Waals surface area contributed by atoms with Crippen LogP contribution in [0.25, 0.3) is 11.3 Å². The minimum Gasteiger partial charge on any atom is -0.451 e. The van der Waals surface area contributed by atoms with E-state index < -0.39 is 10.8 Å². The van der Waals surface area contributed by atoms with Gasteiger partial charge in [0.05, 0.1) is 9.95 Å². The van der Waals surface area contributed by atoms with Crippen LogP contribution < -0.4 is 5.32 Å². The van der Waals surface area contributed by atoms with E-state index in [1.165, 1.54) is 24.3 Å². The molecular formula is C17H10Cl2N2O4. The number of nitrogens with zero attached hydrogens (tertiary/aromatic N) is 1. The number of carbonyl (C=O) groups excluding carboxylic acids is 1. The van der Waals surface area contributed by atoms with Crippen molar-refractivity contribution in [3.05, 3.63) is 80.5 Å². The van der Waals surface area contributed by atoms with Gasteiger partial charge in [0.2, 0.25) is 0 Å². The van der Waals surface area contributed by atoms with E-state index in [1.54, 1.807) is 30.3 Å². The van der Waals surface area contributed by atoms with Gasteiger partial charge in [-0.2, -0.15) is 0 Å². The van der Waals surface area contributed by atoms with Crippen LogP contribution in [0.5, 0.6) is 0 Å². The molecule has 6 nitrogen and oxygen atoms in total. The molecule has 0 aliphatic rings. The molecule has 8 heteroatoms. The van der Waals surface area contributed by atoms with Crippen molar-refractivity contribution in [1.82, 2.24) is 0 Å². The number of rotatable bonds is 4. The molecule has 1 heterocycles. The molecule has 1 amide bonds. The van der Waals surface area contributed by atoms with Gasteiger partial charge < -0.3 is 9.73 Å². The Morgan fingerprint density at radius 3 is 2.56 bits per heavy atom. The predicted molar refractivity (Wildman–Crippen MR) is 95.2 cm³/mol. The second-order valence-electron chi connectivity index (χ2n) is 5.05. The van der Waals surface area contributed by atoms with Crippen LogP contribution in [-0.4, -0.2) is 10.8 Å². The Kier molecular flexibility index (Phi) is 4.74. The van der Waals surface area contributed by atoms with Gasteiger partial charge in [-0.3, -0.25) is 14.9 Å². The van der Waals surface area contributed by atoms with Gasteiger partial charge in [0, 0.05) is 28.4 Å². The minimum atomic E-state index is -0.540. The van der Waals surface area contributed by atoms with Gasteiger partial charge in [-0.1, -0.05) is 29.3 Å². The van der Waals surface area contributed by atoms with E-state index in [0.717, 1.165) is 0 Å². The summed E-state index contributed by atoms with van der Waals surface area (Å²) in [4.78, 5) is 22.4. The highest BCUT2D eigenvalue weighted by atomic mass is 35.5. The molecule has 0 atom stereocenters. The van der Waals surface area contributed by atoms with Crippen LogP contribution in [0.3, 0.4) is 0 Å². The highest BCUT2D eigenvalue weighted by Gasteiger charge is 2.16. The van der Waals surface area contributed by atoms with Crippen LogP contribution in [0, 0.1) is 10.1 Å². The summed E-state index contributed by atoms with van der Waals surface area (Å²) in [5.41, 5.74) is 0.858. The second-order valence-corrected chi connectivity index (χ2v) is 5.89. The lowest BCUT2D eigenvalue weighted by Gasteiger charge is -2.04. The van der Waals surface area contributed by atoms with Crippen LogP contribution in [0.1, 0.15) is 10.6 Å². The van der Waals surface area contributed by atoms with Gasteiger partial charge in [-0.05, 0) is 36.4 Å². The molecule has 1 N–H and O–H groups in total. The third kappa shape index (κ3) is 3.81. The Morgan fingerprint density at radius 2 is 1.88 bits per heavy atom. The largest absolute Gasteiger partial charge is 0.451 e. The summed E-state index contributed by atoms with van der Waals surface area (Å²) in [6.45, 7) is 0. The fourth-order valence-electron chi connectivity index (χ4n) is 2.18. The van der Waals surface area contributed by atoms with E-state index in [0.29, 0.717) is 22.0 Å². The molecule has 0 unspecified atom stereocenters. The standard InChI is InChI=1S/C17H10Cl2N2O4/c18-10-2-1-3-11(8-10)20-17(22)16-7-6-15(25-16)13-5-4-12(21(23)24)9-14(13)19/h1-9H,(H,20,22). The van der Waals surface area contributed by atoms with Crippen LogP contribution >= 0.6 is 23.2 Å². The van der Waals surface area contributed by atoms with Gasteiger partial charge in [0.15, 0.2) is 5.76 Å². The number of nitro groups is 1. The third-order valence-corrected chi connectivity index (χ3v) is 3.89. The molecule has 0 fully saturated rings. The number of anilines is 1. The molecule has 0 spiro atoms. The van der Waals surface area contributed by atoms with Crippen LogP contribution in [0.4, 0.5) is 11.4 Å². The molecule has 25 heavy (non-hydrogen) atoms. The minimum absolute atomic E-state index is 0.0735. The van der Waals surface area contributed by atoms with E-state index in [4.69, 9.17) is 27.6 Å². The van der Waals surface area contributed by atoms with Crippen molar-refractivity contribution >= 4 is 40.5 Å². The van der Waals surface area contributed by atoms with Crippen molar-refractivity contribution in [2.24, 2.45) is 0 Å². The monoisotopic (exact) mass is 376 g/mol. The number of carbonyl (C=O) groups is 1. The first-order valence-corrected chi connectivity index (χ1v) is 7.81. The van der Waals surface area contributed by atoms with Crippen molar-refractivity contribution in [2.75, 3.05) is 5.32 Å². The first kappa shape index (κ1) is 17.0. The van der Waals surface area contributed by atoms with Crippen molar-refractivity contribution in [2.45, 2.75) is 0 Å². The summed E-state index contributed by atoms with van der Waals surface area (Å²) in [6.07, 6.45) is 0. The van der Waals surface area contributed by atoms with Crippen LogP contribution in [0.15, 0.2) is 59.0 Å². The molecule has 3 aromatic rings. The van der Waals surface area contributed by atoms with E-state index in [9.17, 15) is 14.9 Å². The van der Waals surface area contributed by atoms with Crippen molar-refractivity contribution in [3.8, 4) is 11.3 Å².